The van der Waals surface area contributed by atoms with Crippen LogP contribution in [0.4, 0.5) is 0 Å². The molecule has 3 rings (SSSR count). The smallest absolute Gasteiger partial charge is 0.363 e. The van der Waals surface area contributed by atoms with Crippen molar-refractivity contribution in [3.8, 4) is 0 Å². The summed E-state index contributed by atoms with van der Waals surface area (Å²) < 4.78 is 29.5. The largest absolute Gasteiger partial charge is 0.457 e. The van der Waals surface area contributed by atoms with Gasteiger partial charge in [0.05, 0.1) is 13.2 Å². The molecule has 0 spiro atoms. The van der Waals surface area contributed by atoms with Gasteiger partial charge in [-0.1, -0.05) is 36.4 Å². The second-order valence-corrected chi connectivity index (χ2v) is 9.39. The topological polar surface area (TPSA) is 82.1 Å². The number of aliphatic hydroxyl groups excluding tert-OH is 1. The van der Waals surface area contributed by atoms with E-state index < -0.39 is 19.4 Å². The van der Waals surface area contributed by atoms with Gasteiger partial charge in [0.25, 0.3) is 0 Å². The molecule has 0 saturated carbocycles. The van der Waals surface area contributed by atoms with Gasteiger partial charge < -0.3 is 18.9 Å². The van der Waals surface area contributed by atoms with E-state index in [4.69, 9.17) is 13.8 Å². The summed E-state index contributed by atoms with van der Waals surface area (Å²) in [5.74, 6) is -1.81. The van der Waals surface area contributed by atoms with Crippen LogP contribution in [0, 0.1) is 0 Å². The molecule has 1 heterocycles. The lowest BCUT2D eigenvalue weighted by molar-refractivity contribution is 0.0478. The number of hydrogen-bond donors (Lipinski definition) is 1. The Morgan fingerprint density at radius 1 is 1.07 bits per heavy atom. The molecule has 1 N–H and O–H groups in total. The number of rotatable bonds is 9. The molecule has 0 aliphatic rings. The van der Waals surface area contributed by atoms with Crippen molar-refractivity contribution in [2.75, 3.05) is 13.2 Å². The van der Waals surface area contributed by atoms with Gasteiger partial charge in [-0.3, -0.25) is 4.57 Å². The maximum Gasteiger partial charge on any atom is 0.363 e. The summed E-state index contributed by atoms with van der Waals surface area (Å²) in [5, 5.41) is 11.3. The van der Waals surface area contributed by atoms with Crippen LogP contribution in [-0.4, -0.2) is 24.3 Å². The summed E-state index contributed by atoms with van der Waals surface area (Å²) in [5.41, 5.74) is 1.32. The lowest BCUT2D eigenvalue weighted by Crippen LogP contribution is -2.06. The zero-order chi connectivity index (χ0) is 20.9. The molecule has 0 unspecified atom stereocenters. The molecule has 8 heteroatoms. The molecule has 0 fully saturated rings. The number of benzene rings is 2. The van der Waals surface area contributed by atoms with Gasteiger partial charge in [0.1, 0.15) is 11.5 Å². The van der Waals surface area contributed by atoms with Crippen LogP contribution < -0.4 is 0 Å². The molecular weight excluding hydrogens is 411 g/mol. The summed E-state index contributed by atoms with van der Waals surface area (Å²) in [6.45, 7) is 3.89. The van der Waals surface area contributed by atoms with Gasteiger partial charge in [-0.05, 0) is 48.6 Å². The Bertz CT molecular complexity index is 1010. The second kappa shape index (κ2) is 9.65. The lowest BCUT2D eigenvalue weighted by Gasteiger charge is -2.22. The molecule has 0 saturated heterocycles. The van der Waals surface area contributed by atoms with Crippen LogP contribution in [0.3, 0.4) is 0 Å². The van der Waals surface area contributed by atoms with Crippen LogP contribution >= 0.6 is 18.9 Å². The van der Waals surface area contributed by atoms with Crippen LogP contribution in [0.2, 0.25) is 0 Å². The van der Waals surface area contributed by atoms with Crippen molar-refractivity contribution in [3.63, 3.8) is 0 Å². The van der Waals surface area contributed by atoms with Crippen molar-refractivity contribution in [2.45, 2.75) is 26.3 Å². The minimum absolute atomic E-state index is 0.159. The zero-order valence-electron chi connectivity index (χ0n) is 16.2. The van der Waals surface area contributed by atoms with E-state index in [-0.39, 0.29) is 19.8 Å². The highest BCUT2D eigenvalue weighted by molar-refractivity contribution is 7.54. The molecule has 0 bridgehead atoms. The lowest BCUT2D eigenvalue weighted by atomic mass is 10.2. The molecule has 2 aromatic carbocycles. The molecular formula is C21H23O6PS. The summed E-state index contributed by atoms with van der Waals surface area (Å²) >= 11 is 1.30. The molecule has 154 valence electrons. The van der Waals surface area contributed by atoms with E-state index in [1.54, 1.807) is 38.1 Å². The van der Waals surface area contributed by atoms with Crippen LogP contribution in [-0.2, 0) is 25.0 Å². The minimum atomic E-state index is -3.70. The molecule has 0 radical (unpaired) electrons. The second-order valence-electron chi connectivity index (χ2n) is 6.22. The molecule has 0 aliphatic heterocycles. The zero-order valence-corrected chi connectivity index (χ0v) is 17.9. The van der Waals surface area contributed by atoms with E-state index in [9.17, 15) is 14.5 Å². The van der Waals surface area contributed by atoms with Crippen LogP contribution in [0.25, 0.3) is 10.1 Å². The van der Waals surface area contributed by atoms with Crippen LogP contribution in [0.1, 0.15) is 40.5 Å². The van der Waals surface area contributed by atoms with Crippen LogP contribution in [0.5, 0.6) is 0 Å². The van der Waals surface area contributed by atoms with E-state index in [1.807, 2.05) is 30.3 Å². The number of aliphatic hydroxyl groups is 1. The SMILES string of the molecule is CCOP(=O)(OCC)[C@@H](O)c1ccc2sc(C(=O)OCc3ccccc3)cc2c1. The highest BCUT2D eigenvalue weighted by Gasteiger charge is 2.35. The average molecular weight is 434 g/mol. The molecule has 6 nitrogen and oxygen atoms in total. The third kappa shape index (κ3) is 5.13. The first-order valence-electron chi connectivity index (χ1n) is 9.28. The van der Waals surface area contributed by atoms with Gasteiger partial charge in [0.2, 0.25) is 0 Å². The third-order valence-corrected chi connectivity index (χ3v) is 7.40. The average Bonchev–Trinajstić information content (AvgIpc) is 3.16. The number of ether oxygens (including phenoxy) is 1. The van der Waals surface area contributed by atoms with Gasteiger partial charge in [0.15, 0.2) is 5.85 Å². The van der Waals surface area contributed by atoms with Crippen molar-refractivity contribution in [1.82, 2.24) is 0 Å². The Morgan fingerprint density at radius 3 is 2.41 bits per heavy atom. The number of carbonyl (C=O) groups is 1. The van der Waals surface area contributed by atoms with Crippen molar-refractivity contribution >= 4 is 35.0 Å². The maximum absolute atomic E-state index is 12.8. The normalized spacial score (nSPS) is 12.8. The van der Waals surface area contributed by atoms with Crippen molar-refractivity contribution in [3.05, 3.63) is 70.6 Å². The van der Waals surface area contributed by atoms with Gasteiger partial charge in [-0.15, -0.1) is 11.3 Å². The molecule has 1 aromatic heterocycles. The molecule has 0 amide bonds. The maximum atomic E-state index is 12.8. The first-order chi connectivity index (χ1) is 14.0. The van der Waals surface area contributed by atoms with Gasteiger partial charge in [-0.25, -0.2) is 4.79 Å². The highest BCUT2D eigenvalue weighted by atomic mass is 32.1. The van der Waals surface area contributed by atoms with E-state index >= 15 is 0 Å². The van der Waals surface area contributed by atoms with Crippen molar-refractivity contribution in [1.29, 1.82) is 0 Å². The monoisotopic (exact) mass is 434 g/mol. The number of hydrogen-bond acceptors (Lipinski definition) is 7. The van der Waals surface area contributed by atoms with E-state index in [1.165, 1.54) is 11.3 Å². The Balaban J connectivity index is 1.78. The molecule has 29 heavy (non-hydrogen) atoms. The number of carbonyl (C=O) groups excluding carboxylic acids is 1. The number of esters is 1. The van der Waals surface area contributed by atoms with E-state index in [2.05, 4.69) is 0 Å². The Kier molecular flexibility index (Phi) is 7.22. The van der Waals surface area contributed by atoms with Gasteiger partial charge in [0, 0.05) is 4.70 Å². The predicted octanol–water partition coefficient (Wildman–Crippen LogP) is 5.52. The molecule has 0 aliphatic carbocycles. The van der Waals surface area contributed by atoms with E-state index in [0.29, 0.717) is 10.4 Å². The number of fused-ring (bicyclic) bond motifs is 1. The minimum Gasteiger partial charge on any atom is -0.457 e. The Morgan fingerprint density at radius 2 is 1.76 bits per heavy atom. The molecule has 1 atom stereocenters. The summed E-state index contributed by atoms with van der Waals surface area (Å²) in [7, 11) is -3.70. The highest BCUT2D eigenvalue weighted by Crippen LogP contribution is 2.59. The fourth-order valence-corrected chi connectivity index (χ4v) is 5.38. The van der Waals surface area contributed by atoms with Crippen LogP contribution in [0.15, 0.2) is 54.6 Å². The van der Waals surface area contributed by atoms with Gasteiger partial charge >= 0.3 is 13.6 Å². The Labute approximate surface area is 173 Å². The third-order valence-electron chi connectivity index (χ3n) is 4.17. The Hall–Kier alpha value is -2.02. The predicted molar refractivity (Wildman–Crippen MR) is 113 cm³/mol. The standard InChI is InChI=1S/C21H23O6PS/c1-3-26-28(24,27-4-2)21(23)16-10-11-18-17(12-16)13-19(29-18)20(22)25-14-15-8-6-5-7-9-15/h5-13,21,23H,3-4,14H2,1-2H3/t21-/m1/s1. The fraction of sp³-hybridized carbons (Fsp3) is 0.286. The van der Waals surface area contributed by atoms with Crippen molar-refractivity contribution < 1.29 is 28.3 Å². The summed E-state index contributed by atoms with van der Waals surface area (Å²) in [4.78, 5) is 12.8. The quantitative estimate of drug-likeness (QED) is 0.353. The van der Waals surface area contributed by atoms with E-state index in [0.717, 1.165) is 15.6 Å². The summed E-state index contributed by atoms with van der Waals surface area (Å²) in [6.07, 6.45) is 0. The summed E-state index contributed by atoms with van der Waals surface area (Å²) in [6, 6.07) is 16.3. The van der Waals surface area contributed by atoms with Crippen molar-refractivity contribution in [2.24, 2.45) is 0 Å². The first-order valence-corrected chi connectivity index (χ1v) is 11.7. The first kappa shape index (κ1) is 21.7. The number of thiophene rings is 1. The fourth-order valence-electron chi connectivity index (χ4n) is 2.84. The molecule has 3 aromatic rings. The van der Waals surface area contributed by atoms with Gasteiger partial charge in [-0.2, -0.15) is 0 Å².